The second-order valence-electron chi connectivity index (χ2n) is 4.72. The predicted molar refractivity (Wildman–Crippen MR) is 52.0 cm³/mol. The van der Waals surface area contributed by atoms with Crippen molar-refractivity contribution < 1.29 is 23.5 Å². The summed E-state index contributed by atoms with van der Waals surface area (Å²) < 4.78 is 24.1. The van der Waals surface area contributed by atoms with E-state index in [-0.39, 0.29) is 0 Å². The van der Waals surface area contributed by atoms with Crippen LogP contribution in [0, 0.1) is 17.3 Å². The number of carbonyl (C=O) groups excluding carboxylic acids is 1. The Morgan fingerprint density at radius 3 is 2.19 bits per heavy atom. The van der Waals surface area contributed by atoms with Crippen LogP contribution in [0.2, 0.25) is 0 Å². The Labute approximate surface area is 92.2 Å². The molecule has 1 amide bonds. The summed E-state index contributed by atoms with van der Waals surface area (Å²) in [7, 11) is 1.27. The lowest BCUT2D eigenvalue weighted by molar-refractivity contribution is -0.142. The number of nitrogens with zero attached hydrogens (tertiary/aromatic N) is 1. The van der Waals surface area contributed by atoms with Gasteiger partial charge >= 0.3 is 5.97 Å². The molecule has 1 aliphatic carbocycles. The molecule has 1 rings (SSSR count). The van der Waals surface area contributed by atoms with Gasteiger partial charge in [-0.15, -0.1) is 0 Å². The van der Waals surface area contributed by atoms with Gasteiger partial charge in [0, 0.05) is 7.05 Å². The standard InChI is InChI=1S/C10H15F2NO3/c1-10(2)6(7(10)9(15)16)8(14)13(3)4-5(11)12/h5-7H,4H2,1-3H3,(H,15,16)/t6-,7+/m1/s1. The molecule has 4 nitrogen and oxygen atoms in total. The minimum absolute atomic E-state index is 0.516. The molecule has 0 aliphatic heterocycles. The number of hydrogen-bond acceptors (Lipinski definition) is 2. The summed E-state index contributed by atoms with van der Waals surface area (Å²) in [5.41, 5.74) is -0.640. The minimum atomic E-state index is -2.60. The number of amides is 1. The fraction of sp³-hybridized carbons (Fsp3) is 0.800. The number of carbonyl (C=O) groups is 2. The number of halogens is 2. The molecule has 2 atom stereocenters. The molecule has 0 aromatic heterocycles. The molecule has 0 spiro atoms. The van der Waals surface area contributed by atoms with Crippen molar-refractivity contribution in [1.29, 1.82) is 0 Å². The summed E-state index contributed by atoms with van der Waals surface area (Å²) in [6, 6.07) is 0. The summed E-state index contributed by atoms with van der Waals surface area (Å²) in [5, 5.41) is 8.85. The predicted octanol–water partition coefficient (Wildman–Crippen LogP) is 1.07. The Balaban J connectivity index is 2.67. The average Bonchev–Trinajstić information content (AvgIpc) is 2.66. The van der Waals surface area contributed by atoms with Crippen LogP contribution in [-0.2, 0) is 9.59 Å². The van der Waals surface area contributed by atoms with Crippen LogP contribution in [0.25, 0.3) is 0 Å². The zero-order valence-electron chi connectivity index (χ0n) is 9.41. The fourth-order valence-electron chi connectivity index (χ4n) is 2.09. The minimum Gasteiger partial charge on any atom is -0.481 e. The first-order valence-corrected chi connectivity index (χ1v) is 4.95. The number of rotatable bonds is 4. The molecule has 0 aromatic carbocycles. The maximum atomic E-state index is 12.1. The summed E-state index contributed by atoms with van der Waals surface area (Å²) in [6.07, 6.45) is -2.60. The molecule has 1 saturated carbocycles. The van der Waals surface area contributed by atoms with Crippen molar-refractivity contribution in [3.8, 4) is 0 Å². The van der Waals surface area contributed by atoms with Crippen molar-refractivity contribution >= 4 is 11.9 Å². The quantitative estimate of drug-likeness (QED) is 0.792. The molecule has 0 bridgehead atoms. The smallest absolute Gasteiger partial charge is 0.307 e. The summed E-state index contributed by atoms with van der Waals surface area (Å²) in [4.78, 5) is 23.4. The van der Waals surface area contributed by atoms with Gasteiger partial charge in [-0.3, -0.25) is 9.59 Å². The van der Waals surface area contributed by atoms with E-state index in [2.05, 4.69) is 0 Å². The number of alkyl halides is 2. The molecule has 6 heteroatoms. The number of carboxylic acid groups (broad SMARTS) is 1. The Hall–Kier alpha value is -1.20. The lowest BCUT2D eigenvalue weighted by Crippen LogP contribution is -2.33. The molecule has 92 valence electrons. The normalized spacial score (nSPS) is 26.6. The highest BCUT2D eigenvalue weighted by atomic mass is 19.3. The Morgan fingerprint density at radius 2 is 1.88 bits per heavy atom. The van der Waals surface area contributed by atoms with Gasteiger partial charge in [-0.25, -0.2) is 8.78 Å². The van der Waals surface area contributed by atoms with Crippen LogP contribution in [-0.4, -0.2) is 41.9 Å². The van der Waals surface area contributed by atoms with E-state index in [0.717, 1.165) is 4.90 Å². The first-order valence-electron chi connectivity index (χ1n) is 4.95. The van der Waals surface area contributed by atoms with E-state index in [4.69, 9.17) is 5.11 Å². The maximum absolute atomic E-state index is 12.1. The highest BCUT2D eigenvalue weighted by molar-refractivity contribution is 5.91. The summed E-state index contributed by atoms with van der Waals surface area (Å²) >= 11 is 0. The Morgan fingerprint density at radius 1 is 1.38 bits per heavy atom. The van der Waals surface area contributed by atoms with Crippen LogP contribution < -0.4 is 0 Å². The Kier molecular flexibility index (Phi) is 3.21. The largest absolute Gasteiger partial charge is 0.481 e. The van der Waals surface area contributed by atoms with Gasteiger partial charge in [0.2, 0.25) is 5.91 Å². The van der Waals surface area contributed by atoms with Crippen molar-refractivity contribution in [3.05, 3.63) is 0 Å². The lowest BCUT2D eigenvalue weighted by atomic mass is 10.1. The SMILES string of the molecule is CN(CC(F)F)C(=O)[C@H]1[C@@H](C(=O)O)C1(C)C. The first-order chi connectivity index (χ1) is 7.19. The van der Waals surface area contributed by atoms with Gasteiger partial charge in [-0.2, -0.15) is 0 Å². The average molecular weight is 235 g/mol. The third kappa shape index (κ3) is 2.15. The van der Waals surface area contributed by atoms with Gasteiger partial charge in [-0.05, 0) is 5.41 Å². The van der Waals surface area contributed by atoms with E-state index in [0.29, 0.717) is 0 Å². The maximum Gasteiger partial charge on any atom is 0.307 e. The summed E-state index contributed by atoms with van der Waals surface area (Å²) in [6.45, 7) is 2.66. The van der Waals surface area contributed by atoms with Crippen LogP contribution in [0.1, 0.15) is 13.8 Å². The monoisotopic (exact) mass is 235 g/mol. The molecule has 1 N–H and O–H groups in total. The highest BCUT2D eigenvalue weighted by Gasteiger charge is 2.66. The molecule has 0 radical (unpaired) electrons. The molecule has 1 fully saturated rings. The van der Waals surface area contributed by atoms with Gasteiger partial charge in [0.15, 0.2) is 0 Å². The first kappa shape index (κ1) is 12.9. The zero-order chi connectivity index (χ0) is 12.7. The van der Waals surface area contributed by atoms with Gasteiger partial charge in [0.1, 0.15) is 0 Å². The number of carboxylic acids is 1. The van der Waals surface area contributed by atoms with Crippen molar-refractivity contribution in [2.24, 2.45) is 17.3 Å². The van der Waals surface area contributed by atoms with E-state index in [1.807, 2.05) is 0 Å². The van der Waals surface area contributed by atoms with Crippen LogP contribution in [0.4, 0.5) is 8.78 Å². The number of aliphatic carboxylic acids is 1. The van der Waals surface area contributed by atoms with E-state index >= 15 is 0 Å². The third-order valence-electron chi connectivity index (χ3n) is 3.15. The van der Waals surface area contributed by atoms with Crippen molar-refractivity contribution in [2.75, 3.05) is 13.6 Å². The summed E-state index contributed by atoms with van der Waals surface area (Å²) in [5.74, 6) is -3.01. The van der Waals surface area contributed by atoms with Gasteiger partial charge in [0.05, 0.1) is 18.4 Å². The van der Waals surface area contributed by atoms with Crippen LogP contribution in [0.3, 0.4) is 0 Å². The topological polar surface area (TPSA) is 57.6 Å². The molecular formula is C10H15F2NO3. The molecule has 0 unspecified atom stereocenters. The van der Waals surface area contributed by atoms with Gasteiger partial charge < -0.3 is 10.0 Å². The van der Waals surface area contributed by atoms with Crippen LogP contribution in [0.15, 0.2) is 0 Å². The second kappa shape index (κ2) is 3.99. The van der Waals surface area contributed by atoms with Gasteiger partial charge in [0.25, 0.3) is 6.43 Å². The molecular weight excluding hydrogens is 220 g/mol. The fourth-order valence-corrected chi connectivity index (χ4v) is 2.09. The van der Waals surface area contributed by atoms with Crippen molar-refractivity contribution in [3.63, 3.8) is 0 Å². The molecule has 0 saturated heterocycles. The zero-order valence-corrected chi connectivity index (χ0v) is 9.41. The van der Waals surface area contributed by atoms with Crippen LogP contribution in [0.5, 0.6) is 0 Å². The third-order valence-corrected chi connectivity index (χ3v) is 3.15. The van der Waals surface area contributed by atoms with E-state index in [1.165, 1.54) is 7.05 Å². The Bertz CT molecular complexity index is 317. The van der Waals surface area contributed by atoms with Gasteiger partial charge in [-0.1, -0.05) is 13.8 Å². The highest BCUT2D eigenvalue weighted by Crippen LogP contribution is 2.58. The molecule has 0 aromatic rings. The molecule has 1 aliphatic rings. The number of hydrogen-bond donors (Lipinski definition) is 1. The lowest BCUT2D eigenvalue weighted by Gasteiger charge is -2.17. The second-order valence-corrected chi connectivity index (χ2v) is 4.72. The van der Waals surface area contributed by atoms with E-state index in [9.17, 15) is 18.4 Å². The van der Waals surface area contributed by atoms with Crippen molar-refractivity contribution in [1.82, 2.24) is 4.90 Å². The van der Waals surface area contributed by atoms with E-state index in [1.54, 1.807) is 13.8 Å². The van der Waals surface area contributed by atoms with Crippen molar-refractivity contribution in [2.45, 2.75) is 20.3 Å². The molecule has 16 heavy (non-hydrogen) atoms. The van der Waals surface area contributed by atoms with Crippen LogP contribution >= 0.6 is 0 Å². The molecule has 0 heterocycles. The van der Waals surface area contributed by atoms with E-state index < -0.39 is 42.1 Å².